The Morgan fingerprint density at radius 2 is 1.09 bits per heavy atom. The van der Waals surface area contributed by atoms with Crippen LogP contribution in [0.2, 0.25) is 0 Å². The molecular weight excluding hydrogens is 443 g/mol. The summed E-state index contributed by atoms with van der Waals surface area (Å²) in [4.78, 5) is 25.0. The molecule has 0 aliphatic rings. The van der Waals surface area contributed by atoms with E-state index in [9.17, 15) is 14.0 Å². The van der Waals surface area contributed by atoms with E-state index in [4.69, 9.17) is 9.47 Å². The van der Waals surface area contributed by atoms with E-state index < -0.39 is 11.9 Å². The van der Waals surface area contributed by atoms with Gasteiger partial charge in [-0.25, -0.2) is 14.0 Å². The maximum Gasteiger partial charge on any atom is 0.339 e. The maximum atomic E-state index is 13.7. The summed E-state index contributed by atoms with van der Waals surface area (Å²) >= 11 is 0. The lowest BCUT2D eigenvalue weighted by molar-refractivity contribution is 0.0455. The molecule has 0 heterocycles. The van der Waals surface area contributed by atoms with Crippen molar-refractivity contribution < 1.29 is 23.5 Å². The van der Waals surface area contributed by atoms with Crippen LogP contribution in [0.5, 0.6) is 0 Å². The Labute approximate surface area is 210 Å². The zero-order valence-electron chi connectivity index (χ0n) is 21.2. The molecule has 0 aliphatic carbocycles. The molecule has 4 nitrogen and oxygen atoms in total. The highest BCUT2D eigenvalue weighted by atomic mass is 19.1. The van der Waals surface area contributed by atoms with Gasteiger partial charge in [-0.3, -0.25) is 0 Å². The van der Waals surface area contributed by atoms with Crippen LogP contribution < -0.4 is 0 Å². The summed E-state index contributed by atoms with van der Waals surface area (Å²) in [6.45, 7) is 2.62. The Morgan fingerprint density at radius 1 is 0.629 bits per heavy atom. The molecule has 192 valence electrons. The summed E-state index contributed by atoms with van der Waals surface area (Å²) in [5.74, 6) is -1.46. The van der Waals surface area contributed by atoms with Crippen LogP contribution in [0.1, 0.15) is 110 Å². The van der Waals surface area contributed by atoms with Gasteiger partial charge in [-0.15, -0.1) is 0 Å². The Hall–Kier alpha value is -2.69. The summed E-state index contributed by atoms with van der Waals surface area (Å²) in [7, 11) is 0. The largest absolute Gasteiger partial charge is 0.462 e. The minimum Gasteiger partial charge on any atom is -0.462 e. The van der Waals surface area contributed by atoms with Crippen molar-refractivity contribution in [2.45, 2.75) is 90.4 Å². The number of benzene rings is 2. The minimum absolute atomic E-state index is 0.0298. The van der Waals surface area contributed by atoms with Crippen molar-refractivity contribution in [2.75, 3.05) is 13.2 Å². The third kappa shape index (κ3) is 11.5. The van der Waals surface area contributed by atoms with E-state index in [1.165, 1.54) is 63.9 Å². The maximum absolute atomic E-state index is 13.7. The van der Waals surface area contributed by atoms with E-state index in [0.717, 1.165) is 19.3 Å². The fourth-order valence-electron chi connectivity index (χ4n) is 4.06. The van der Waals surface area contributed by atoms with Gasteiger partial charge in [0, 0.05) is 6.42 Å². The summed E-state index contributed by atoms with van der Waals surface area (Å²) in [5, 5.41) is 0. The summed E-state index contributed by atoms with van der Waals surface area (Å²) in [5.41, 5.74) is 0.846. The average Bonchev–Trinajstić information content (AvgIpc) is 2.87. The SMILES string of the molecule is CCCCCCCCCCCCCCOC(=O)c1ccccc1C(=O)OCCc1ccccc1F. The van der Waals surface area contributed by atoms with Crippen LogP contribution in [-0.4, -0.2) is 25.2 Å². The fourth-order valence-corrected chi connectivity index (χ4v) is 4.06. The predicted molar refractivity (Wildman–Crippen MR) is 138 cm³/mol. The van der Waals surface area contributed by atoms with E-state index in [-0.39, 0.29) is 30.0 Å². The second-order valence-corrected chi connectivity index (χ2v) is 9.05. The summed E-state index contributed by atoms with van der Waals surface area (Å²) in [6.07, 6.45) is 15.2. The highest BCUT2D eigenvalue weighted by Gasteiger charge is 2.19. The van der Waals surface area contributed by atoms with Crippen molar-refractivity contribution in [3.63, 3.8) is 0 Å². The molecule has 2 aromatic rings. The molecule has 5 heteroatoms. The van der Waals surface area contributed by atoms with Gasteiger partial charge in [0.25, 0.3) is 0 Å². The van der Waals surface area contributed by atoms with Crippen LogP contribution in [0.4, 0.5) is 4.39 Å². The summed E-state index contributed by atoms with van der Waals surface area (Å²) < 4.78 is 24.4. The number of ether oxygens (including phenoxy) is 2. The molecule has 0 N–H and O–H groups in total. The van der Waals surface area contributed by atoms with Crippen molar-refractivity contribution in [3.05, 3.63) is 71.0 Å². The molecule has 0 unspecified atom stereocenters. The molecule has 0 radical (unpaired) electrons. The first kappa shape index (κ1) is 28.5. The predicted octanol–water partition coefficient (Wildman–Crippen LogP) is 8.08. The van der Waals surface area contributed by atoms with Crippen LogP contribution in [-0.2, 0) is 15.9 Å². The molecule has 2 aromatic carbocycles. The third-order valence-electron chi connectivity index (χ3n) is 6.16. The van der Waals surface area contributed by atoms with Gasteiger partial charge in [0.2, 0.25) is 0 Å². The van der Waals surface area contributed by atoms with Gasteiger partial charge < -0.3 is 9.47 Å². The normalized spacial score (nSPS) is 10.8. The lowest BCUT2D eigenvalue weighted by Gasteiger charge is -2.10. The van der Waals surface area contributed by atoms with Crippen molar-refractivity contribution in [1.82, 2.24) is 0 Å². The van der Waals surface area contributed by atoms with E-state index in [1.54, 1.807) is 42.5 Å². The highest BCUT2D eigenvalue weighted by molar-refractivity contribution is 6.03. The topological polar surface area (TPSA) is 52.6 Å². The van der Waals surface area contributed by atoms with Crippen LogP contribution in [0.3, 0.4) is 0 Å². The van der Waals surface area contributed by atoms with E-state index >= 15 is 0 Å². The number of carbonyl (C=O) groups excluding carboxylic acids is 2. The minimum atomic E-state index is -0.612. The molecule has 0 spiro atoms. The molecule has 0 atom stereocenters. The number of rotatable bonds is 18. The Bertz CT molecular complexity index is 880. The Balaban J connectivity index is 1.61. The zero-order valence-corrected chi connectivity index (χ0v) is 21.2. The first-order valence-corrected chi connectivity index (χ1v) is 13.3. The first-order chi connectivity index (χ1) is 17.1. The van der Waals surface area contributed by atoms with Gasteiger partial charge in [0.05, 0.1) is 24.3 Å². The smallest absolute Gasteiger partial charge is 0.339 e. The van der Waals surface area contributed by atoms with Crippen LogP contribution in [0, 0.1) is 5.82 Å². The van der Waals surface area contributed by atoms with E-state index in [2.05, 4.69) is 6.92 Å². The number of halogens is 1. The molecule has 0 saturated carbocycles. The summed E-state index contributed by atoms with van der Waals surface area (Å²) in [6, 6.07) is 12.9. The quantitative estimate of drug-likeness (QED) is 0.158. The fraction of sp³-hybridized carbons (Fsp3) is 0.533. The molecule has 2 rings (SSSR count). The Kier molecular flexibility index (Phi) is 14.4. The van der Waals surface area contributed by atoms with Gasteiger partial charge in [-0.1, -0.05) is 108 Å². The Morgan fingerprint density at radius 3 is 1.63 bits per heavy atom. The number of unbranched alkanes of at least 4 members (excludes halogenated alkanes) is 11. The molecule has 35 heavy (non-hydrogen) atoms. The van der Waals surface area contributed by atoms with Gasteiger partial charge in [-0.2, -0.15) is 0 Å². The zero-order chi connectivity index (χ0) is 25.1. The lowest BCUT2D eigenvalue weighted by atomic mass is 10.1. The first-order valence-electron chi connectivity index (χ1n) is 13.3. The number of esters is 2. The standard InChI is InChI=1S/C30H41FO4/c1-2-3-4-5-6-7-8-9-10-11-12-17-23-34-29(32)26-19-14-15-20-27(26)30(33)35-24-22-25-18-13-16-21-28(25)31/h13-16,18-21H,2-12,17,22-24H2,1H3. The van der Waals surface area contributed by atoms with Crippen molar-refractivity contribution >= 4 is 11.9 Å². The number of hydrogen-bond donors (Lipinski definition) is 0. The second-order valence-electron chi connectivity index (χ2n) is 9.05. The molecule has 0 fully saturated rings. The lowest BCUT2D eigenvalue weighted by Crippen LogP contribution is -2.15. The molecular formula is C30H41FO4. The highest BCUT2D eigenvalue weighted by Crippen LogP contribution is 2.15. The molecule has 0 amide bonds. The van der Waals surface area contributed by atoms with Gasteiger partial charge in [0.15, 0.2) is 0 Å². The van der Waals surface area contributed by atoms with Crippen molar-refractivity contribution in [1.29, 1.82) is 0 Å². The van der Waals surface area contributed by atoms with E-state index in [1.807, 2.05) is 0 Å². The van der Waals surface area contributed by atoms with Crippen LogP contribution in [0.15, 0.2) is 48.5 Å². The number of hydrogen-bond acceptors (Lipinski definition) is 4. The molecule has 0 bridgehead atoms. The van der Waals surface area contributed by atoms with E-state index in [0.29, 0.717) is 12.2 Å². The molecule has 0 saturated heterocycles. The van der Waals surface area contributed by atoms with Gasteiger partial charge >= 0.3 is 11.9 Å². The average molecular weight is 485 g/mol. The third-order valence-corrected chi connectivity index (χ3v) is 6.16. The van der Waals surface area contributed by atoms with Crippen LogP contribution in [0.25, 0.3) is 0 Å². The number of carbonyl (C=O) groups is 2. The van der Waals surface area contributed by atoms with Gasteiger partial charge in [0.1, 0.15) is 5.82 Å². The molecule has 0 aromatic heterocycles. The van der Waals surface area contributed by atoms with Crippen LogP contribution >= 0.6 is 0 Å². The van der Waals surface area contributed by atoms with Gasteiger partial charge in [-0.05, 0) is 30.2 Å². The van der Waals surface area contributed by atoms with Crippen molar-refractivity contribution in [3.8, 4) is 0 Å². The monoisotopic (exact) mass is 484 g/mol. The second kappa shape index (κ2) is 17.7. The van der Waals surface area contributed by atoms with Crippen molar-refractivity contribution in [2.24, 2.45) is 0 Å². The molecule has 0 aliphatic heterocycles.